The molecule has 40 heavy (non-hydrogen) atoms. The maximum Gasteiger partial charge on any atom is 0.264 e. The van der Waals surface area contributed by atoms with Gasteiger partial charge in [-0.25, -0.2) is 8.42 Å². The van der Waals surface area contributed by atoms with Crippen LogP contribution in [0.3, 0.4) is 0 Å². The summed E-state index contributed by atoms with van der Waals surface area (Å²) in [6, 6.07) is 18.8. The number of anilines is 1. The van der Waals surface area contributed by atoms with E-state index in [0.717, 1.165) is 21.9 Å². The van der Waals surface area contributed by atoms with Gasteiger partial charge in [-0.2, -0.15) is 0 Å². The Kier molecular flexibility index (Phi) is 10.6. The number of ether oxygens (including phenoxy) is 1. The van der Waals surface area contributed by atoms with Crippen molar-refractivity contribution in [1.82, 2.24) is 10.2 Å². The SMILES string of the molecule is CC[C@@H](C)NC(=O)[C@@H](C)N(Cc1ccc(OC)cc1)C(=O)CN(c1ccc(Cl)cc1)S(=O)(=O)c1ccc(C)cc1. The van der Waals surface area contributed by atoms with Crippen molar-refractivity contribution < 1.29 is 22.7 Å². The third-order valence-corrected chi connectivity index (χ3v) is 8.72. The zero-order valence-corrected chi connectivity index (χ0v) is 25.0. The summed E-state index contributed by atoms with van der Waals surface area (Å²) in [5.74, 6) is -0.203. The van der Waals surface area contributed by atoms with Crippen LogP contribution in [0.5, 0.6) is 5.75 Å². The Morgan fingerprint density at radius 3 is 2.10 bits per heavy atom. The fourth-order valence-electron chi connectivity index (χ4n) is 3.95. The lowest BCUT2D eigenvalue weighted by Crippen LogP contribution is -2.52. The molecule has 0 radical (unpaired) electrons. The number of nitrogens with zero attached hydrogens (tertiary/aromatic N) is 2. The van der Waals surface area contributed by atoms with Crippen molar-refractivity contribution in [2.45, 2.75) is 57.6 Å². The Morgan fingerprint density at radius 2 is 1.55 bits per heavy atom. The van der Waals surface area contributed by atoms with Crippen LogP contribution in [-0.4, -0.2) is 50.9 Å². The van der Waals surface area contributed by atoms with Crippen LogP contribution in [0.1, 0.15) is 38.3 Å². The van der Waals surface area contributed by atoms with Gasteiger partial charge in [-0.1, -0.05) is 48.4 Å². The maximum absolute atomic E-state index is 13.9. The van der Waals surface area contributed by atoms with Crippen molar-refractivity contribution >= 4 is 39.1 Å². The van der Waals surface area contributed by atoms with Crippen LogP contribution >= 0.6 is 11.6 Å². The predicted octanol–water partition coefficient (Wildman–Crippen LogP) is 5.18. The Morgan fingerprint density at radius 1 is 0.950 bits per heavy atom. The second-order valence-corrected chi connectivity index (χ2v) is 12.0. The third kappa shape index (κ3) is 7.76. The third-order valence-electron chi connectivity index (χ3n) is 6.68. The minimum Gasteiger partial charge on any atom is -0.497 e. The molecule has 0 aliphatic heterocycles. The molecule has 8 nitrogen and oxygen atoms in total. The van der Waals surface area contributed by atoms with Gasteiger partial charge in [0, 0.05) is 17.6 Å². The van der Waals surface area contributed by atoms with Gasteiger partial charge in [-0.05, 0) is 81.3 Å². The quantitative estimate of drug-likeness (QED) is 0.316. The molecule has 3 aromatic rings. The Labute approximate surface area is 241 Å². The standard InChI is InChI=1S/C30H36ClN3O5S/c1-6-22(3)32-30(36)23(4)33(19-24-9-15-27(39-5)16-10-24)29(35)20-34(26-13-11-25(31)12-14-26)40(37,38)28-17-7-21(2)8-18-28/h7-18,22-23H,6,19-20H2,1-5H3,(H,32,36)/t22-,23-/m1/s1. The first-order valence-corrected chi connectivity index (χ1v) is 14.9. The van der Waals surface area contributed by atoms with Crippen LogP contribution in [0.15, 0.2) is 77.7 Å². The number of methoxy groups -OCH3 is 1. The van der Waals surface area contributed by atoms with Crippen LogP contribution in [0.2, 0.25) is 5.02 Å². The maximum atomic E-state index is 13.9. The molecule has 2 atom stereocenters. The molecule has 2 amide bonds. The van der Waals surface area contributed by atoms with Crippen LogP contribution in [-0.2, 0) is 26.2 Å². The van der Waals surface area contributed by atoms with E-state index in [4.69, 9.17) is 16.3 Å². The zero-order valence-electron chi connectivity index (χ0n) is 23.4. The molecule has 0 aromatic heterocycles. The van der Waals surface area contributed by atoms with E-state index in [0.29, 0.717) is 10.8 Å². The van der Waals surface area contributed by atoms with Gasteiger partial charge < -0.3 is 15.0 Å². The van der Waals surface area contributed by atoms with Crippen molar-refractivity contribution in [2.24, 2.45) is 0 Å². The van der Waals surface area contributed by atoms with Gasteiger partial charge in [0.1, 0.15) is 18.3 Å². The van der Waals surface area contributed by atoms with Crippen LogP contribution in [0, 0.1) is 6.92 Å². The fourth-order valence-corrected chi connectivity index (χ4v) is 5.49. The molecule has 0 aliphatic rings. The van der Waals surface area contributed by atoms with E-state index >= 15 is 0 Å². The molecule has 0 unspecified atom stereocenters. The van der Waals surface area contributed by atoms with Crippen molar-refractivity contribution in [3.8, 4) is 5.75 Å². The molecule has 214 valence electrons. The van der Waals surface area contributed by atoms with Crippen molar-refractivity contribution in [3.63, 3.8) is 0 Å². The molecule has 0 bridgehead atoms. The smallest absolute Gasteiger partial charge is 0.264 e. The minimum absolute atomic E-state index is 0.0464. The molecule has 3 aromatic carbocycles. The van der Waals surface area contributed by atoms with Gasteiger partial charge in [-0.15, -0.1) is 0 Å². The molecule has 0 fully saturated rings. The van der Waals surface area contributed by atoms with Gasteiger partial charge in [0.25, 0.3) is 10.0 Å². The summed E-state index contributed by atoms with van der Waals surface area (Å²) < 4.78 is 34.0. The van der Waals surface area contributed by atoms with E-state index < -0.39 is 28.5 Å². The number of amides is 2. The van der Waals surface area contributed by atoms with Gasteiger partial charge in [-0.3, -0.25) is 13.9 Å². The molecular weight excluding hydrogens is 550 g/mol. The number of halogens is 1. The largest absolute Gasteiger partial charge is 0.497 e. The number of hydrogen-bond acceptors (Lipinski definition) is 5. The van der Waals surface area contributed by atoms with Gasteiger partial charge in [0.15, 0.2) is 0 Å². The number of rotatable bonds is 12. The number of carbonyl (C=O) groups excluding carboxylic acids is 2. The van der Waals surface area contributed by atoms with E-state index in [1.165, 1.54) is 17.0 Å². The number of sulfonamides is 1. The highest BCUT2D eigenvalue weighted by molar-refractivity contribution is 7.92. The van der Waals surface area contributed by atoms with E-state index in [2.05, 4.69) is 5.32 Å². The summed E-state index contributed by atoms with van der Waals surface area (Å²) in [6.45, 7) is 6.92. The van der Waals surface area contributed by atoms with E-state index in [9.17, 15) is 18.0 Å². The van der Waals surface area contributed by atoms with E-state index in [1.807, 2.05) is 20.8 Å². The van der Waals surface area contributed by atoms with Crippen molar-refractivity contribution in [3.05, 3.63) is 88.9 Å². The molecule has 3 rings (SSSR count). The van der Waals surface area contributed by atoms with E-state index in [-0.39, 0.29) is 29.1 Å². The summed E-state index contributed by atoms with van der Waals surface area (Å²) in [7, 11) is -2.58. The lowest BCUT2D eigenvalue weighted by atomic mass is 10.1. The second-order valence-electron chi connectivity index (χ2n) is 9.66. The molecule has 0 aliphatic carbocycles. The summed E-state index contributed by atoms with van der Waals surface area (Å²) >= 11 is 6.07. The number of carbonyl (C=O) groups is 2. The molecular formula is C30H36ClN3O5S. The Hall–Kier alpha value is -3.56. The predicted molar refractivity (Wildman–Crippen MR) is 158 cm³/mol. The van der Waals surface area contributed by atoms with Crippen LogP contribution in [0.25, 0.3) is 0 Å². The zero-order chi connectivity index (χ0) is 29.4. The van der Waals surface area contributed by atoms with Crippen LogP contribution < -0.4 is 14.4 Å². The first-order chi connectivity index (χ1) is 19.0. The monoisotopic (exact) mass is 585 g/mol. The summed E-state index contributed by atoms with van der Waals surface area (Å²) in [6.07, 6.45) is 0.726. The highest BCUT2D eigenvalue weighted by Gasteiger charge is 2.32. The molecule has 0 saturated carbocycles. The fraction of sp³-hybridized carbons (Fsp3) is 0.333. The van der Waals surface area contributed by atoms with Crippen molar-refractivity contribution in [1.29, 1.82) is 0 Å². The normalized spacial score (nSPS) is 12.8. The molecule has 0 heterocycles. The summed E-state index contributed by atoms with van der Waals surface area (Å²) in [4.78, 5) is 28.5. The average molecular weight is 586 g/mol. The van der Waals surface area contributed by atoms with Crippen LogP contribution in [0.4, 0.5) is 5.69 Å². The Balaban J connectivity index is 2.01. The lowest BCUT2D eigenvalue weighted by molar-refractivity contribution is -0.139. The second kappa shape index (κ2) is 13.7. The number of aryl methyl sites for hydroxylation is 1. The van der Waals surface area contributed by atoms with E-state index in [1.54, 1.807) is 74.7 Å². The molecule has 0 saturated heterocycles. The first kappa shape index (κ1) is 31.0. The van der Waals surface area contributed by atoms with Gasteiger partial charge in [0.2, 0.25) is 11.8 Å². The summed E-state index contributed by atoms with van der Waals surface area (Å²) in [5.41, 5.74) is 1.94. The number of nitrogens with one attached hydrogen (secondary N) is 1. The first-order valence-electron chi connectivity index (χ1n) is 13.0. The van der Waals surface area contributed by atoms with Gasteiger partial charge in [0.05, 0.1) is 17.7 Å². The van der Waals surface area contributed by atoms with Gasteiger partial charge >= 0.3 is 0 Å². The van der Waals surface area contributed by atoms with Crippen molar-refractivity contribution in [2.75, 3.05) is 18.0 Å². The molecule has 10 heteroatoms. The highest BCUT2D eigenvalue weighted by atomic mass is 35.5. The average Bonchev–Trinajstić information content (AvgIpc) is 2.95. The Bertz CT molecular complexity index is 1390. The topological polar surface area (TPSA) is 96.0 Å². The lowest BCUT2D eigenvalue weighted by Gasteiger charge is -2.32. The minimum atomic E-state index is -4.14. The molecule has 0 spiro atoms. The number of benzene rings is 3. The molecule has 1 N–H and O–H groups in total. The number of hydrogen-bond donors (Lipinski definition) is 1. The summed E-state index contributed by atoms with van der Waals surface area (Å²) in [5, 5.41) is 3.35. The highest BCUT2D eigenvalue weighted by Crippen LogP contribution is 2.26.